The lowest BCUT2D eigenvalue weighted by atomic mass is 9.94. The van der Waals surface area contributed by atoms with Gasteiger partial charge in [-0.3, -0.25) is 9.69 Å². The SMILES string of the molecule is CC(C)(C)C(=O)N1CCN(C/C=C/c2ccccc2)CC1. The van der Waals surface area contributed by atoms with Gasteiger partial charge in [-0.1, -0.05) is 63.3 Å². The van der Waals surface area contributed by atoms with E-state index in [0.717, 1.165) is 32.7 Å². The second-order valence-electron chi connectivity index (χ2n) is 6.66. The standard InChI is InChI=1S/C18H26N2O/c1-18(2,3)17(21)20-14-12-19(13-15-20)11-7-10-16-8-5-4-6-9-16/h4-10H,11-15H2,1-3H3/b10-7+. The smallest absolute Gasteiger partial charge is 0.228 e. The van der Waals surface area contributed by atoms with Crippen LogP contribution in [0.4, 0.5) is 0 Å². The van der Waals surface area contributed by atoms with Gasteiger partial charge >= 0.3 is 0 Å². The Morgan fingerprint density at radius 2 is 1.71 bits per heavy atom. The van der Waals surface area contributed by atoms with E-state index in [0.29, 0.717) is 0 Å². The molecule has 1 amide bonds. The molecule has 1 aromatic rings. The highest BCUT2D eigenvalue weighted by Crippen LogP contribution is 2.18. The van der Waals surface area contributed by atoms with E-state index in [9.17, 15) is 4.79 Å². The summed E-state index contributed by atoms with van der Waals surface area (Å²) >= 11 is 0. The third kappa shape index (κ3) is 4.71. The van der Waals surface area contributed by atoms with E-state index in [2.05, 4.69) is 41.3 Å². The molecule has 0 aliphatic carbocycles. The van der Waals surface area contributed by atoms with Crippen molar-refractivity contribution in [3.63, 3.8) is 0 Å². The zero-order chi connectivity index (χ0) is 15.3. The molecule has 1 aliphatic heterocycles. The molecule has 0 spiro atoms. The Balaban J connectivity index is 1.77. The number of carbonyl (C=O) groups excluding carboxylic acids is 1. The first-order valence-electron chi connectivity index (χ1n) is 7.70. The number of hydrogen-bond acceptors (Lipinski definition) is 2. The Bertz CT molecular complexity index is 480. The molecule has 1 fully saturated rings. The van der Waals surface area contributed by atoms with Crippen LogP contribution in [0.1, 0.15) is 26.3 Å². The molecule has 114 valence electrons. The Kier molecular flexibility index (Phi) is 5.18. The molecule has 0 atom stereocenters. The summed E-state index contributed by atoms with van der Waals surface area (Å²) in [4.78, 5) is 16.6. The summed E-state index contributed by atoms with van der Waals surface area (Å²) in [5, 5.41) is 0. The van der Waals surface area contributed by atoms with E-state index in [1.54, 1.807) is 0 Å². The fraction of sp³-hybridized carbons (Fsp3) is 0.500. The normalized spacial score (nSPS) is 17.4. The van der Waals surface area contributed by atoms with Gasteiger partial charge in [0.2, 0.25) is 5.91 Å². The maximum Gasteiger partial charge on any atom is 0.228 e. The summed E-state index contributed by atoms with van der Waals surface area (Å²) in [5.41, 5.74) is 0.967. The van der Waals surface area contributed by atoms with Crippen molar-refractivity contribution in [3.8, 4) is 0 Å². The third-order valence-corrected chi connectivity index (χ3v) is 3.77. The van der Waals surface area contributed by atoms with Crippen molar-refractivity contribution >= 4 is 12.0 Å². The second-order valence-corrected chi connectivity index (χ2v) is 6.66. The van der Waals surface area contributed by atoms with E-state index in [4.69, 9.17) is 0 Å². The minimum absolute atomic E-state index is 0.266. The first-order chi connectivity index (χ1) is 9.97. The molecule has 0 aromatic heterocycles. The van der Waals surface area contributed by atoms with E-state index in [-0.39, 0.29) is 11.3 Å². The highest BCUT2D eigenvalue weighted by molar-refractivity contribution is 5.81. The fourth-order valence-electron chi connectivity index (χ4n) is 2.51. The monoisotopic (exact) mass is 286 g/mol. The van der Waals surface area contributed by atoms with Crippen LogP contribution >= 0.6 is 0 Å². The first-order valence-corrected chi connectivity index (χ1v) is 7.70. The predicted octanol–water partition coefficient (Wildman–Crippen LogP) is 2.89. The van der Waals surface area contributed by atoms with Crippen molar-refractivity contribution in [2.75, 3.05) is 32.7 Å². The molecule has 3 heteroatoms. The fourth-order valence-corrected chi connectivity index (χ4v) is 2.51. The van der Waals surface area contributed by atoms with Crippen molar-refractivity contribution in [2.24, 2.45) is 5.41 Å². The average molecular weight is 286 g/mol. The Morgan fingerprint density at radius 3 is 2.29 bits per heavy atom. The summed E-state index contributed by atoms with van der Waals surface area (Å²) in [6.45, 7) is 10.5. The largest absolute Gasteiger partial charge is 0.340 e. The van der Waals surface area contributed by atoms with Gasteiger partial charge in [0.25, 0.3) is 0 Å². The zero-order valence-electron chi connectivity index (χ0n) is 13.4. The van der Waals surface area contributed by atoms with Crippen molar-refractivity contribution in [1.29, 1.82) is 0 Å². The molecule has 1 aromatic carbocycles. The van der Waals surface area contributed by atoms with E-state index in [1.165, 1.54) is 5.56 Å². The minimum atomic E-state index is -0.268. The second kappa shape index (κ2) is 6.90. The molecule has 0 bridgehead atoms. The number of amides is 1. The van der Waals surface area contributed by atoms with Crippen molar-refractivity contribution in [3.05, 3.63) is 42.0 Å². The van der Waals surface area contributed by atoms with Gasteiger partial charge in [0.15, 0.2) is 0 Å². The molecule has 0 N–H and O–H groups in total. The van der Waals surface area contributed by atoms with Crippen LogP contribution in [0.3, 0.4) is 0 Å². The topological polar surface area (TPSA) is 23.6 Å². The maximum absolute atomic E-state index is 12.2. The molecule has 21 heavy (non-hydrogen) atoms. The summed E-state index contributed by atoms with van der Waals surface area (Å²) < 4.78 is 0. The predicted molar refractivity (Wildman–Crippen MR) is 88.0 cm³/mol. The highest BCUT2D eigenvalue weighted by Gasteiger charge is 2.29. The number of carbonyl (C=O) groups is 1. The third-order valence-electron chi connectivity index (χ3n) is 3.77. The van der Waals surface area contributed by atoms with Gasteiger partial charge in [-0.2, -0.15) is 0 Å². The molecule has 1 aliphatic rings. The van der Waals surface area contributed by atoms with Gasteiger partial charge in [-0.25, -0.2) is 0 Å². The summed E-state index contributed by atoms with van der Waals surface area (Å²) in [6, 6.07) is 10.3. The number of rotatable bonds is 3. The molecule has 2 rings (SSSR count). The van der Waals surface area contributed by atoms with Crippen LogP contribution in [0.5, 0.6) is 0 Å². The number of nitrogens with zero attached hydrogens (tertiary/aromatic N) is 2. The van der Waals surface area contributed by atoms with Gasteiger partial charge in [-0.05, 0) is 5.56 Å². The quantitative estimate of drug-likeness (QED) is 0.853. The van der Waals surface area contributed by atoms with Crippen molar-refractivity contribution in [1.82, 2.24) is 9.80 Å². The van der Waals surface area contributed by atoms with E-state index >= 15 is 0 Å². The average Bonchev–Trinajstić information content (AvgIpc) is 2.47. The van der Waals surface area contributed by atoms with Crippen LogP contribution < -0.4 is 0 Å². The van der Waals surface area contributed by atoms with Gasteiger partial charge in [-0.15, -0.1) is 0 Å². The summed E-state index contributed by atoms with van der Waals surface area (Å²) in [5.74, 6) is 0.266. The van der Waals surface area contributed by atoms with Crippen LogP contribution in [0.15, 0.2) is 36.4 Å². The lowest BCUT2D eigenvalue weighted by molar-refractivity contribution is -0.141. The Morgan fingerprint density at radius 1 is 1.10 bits per heavy atom. The van der Waals surface area contributed by atoms with Crippen LogP contribution in [-0.4, -0.2) is 48.4 Å². The molecule has 0 unspecified atom stereocenters. The first kappa shape index (κ1) is 15.8. The number of hydrogen-bond donors (Lipinski definition) is 0. The minimum Gasteiger partial charge on any atom is -0.340 e. The summed E-state index contributed by atoms with van der Waals surface area (Å²) in [7, 11) is 0. The van der Waals surface area contributed by atoms with Crippen LogP contribution in [-0.2, 0) is 4.79 Å². The van der Waals surface area contributed by atoms with Crippen molar-refractivity contribution < 1.29 is 4.79 Å². The molecule has 3 nitrogen and oxygen atoms in total. The van der Waals surface area contributed by atoms with Gasteiger partial charge < -0.3 is 4.90 Å². The zero-order valence-corrected chi connectivity index (χ0v) is 13.4. The maximum atomic E-state index is 12.2. The molecule has 1 heterocycles. The lowest BCUT2D eigenvalue weighted by Gasteiger charge is -2.37. The van der Waals surface area contributed by atoms with Gasteiger partial charge in [0.1, 0.15) is 0 Å². The molecule has 0 radical (unpaired) electrons. The van der Waals surface area contributed by atoms with Crippen LogP contribution in [0, 0.1) is 5.41 Å². The Labute approximate surface area is 128 Å². The molecule has 0 saturated carbocycles. The van der Waals surface area contributed by atoms with Crippen LogP contribution in [0.2, 0.25) is 0 Å². The molecular weight excluding hydrogens is 260 g/mol. The Hall–Kier alpha value is -1.61. The summed E-state index contributed by atoms with van der Waals surface area (Å²) in [6.07, 6.45) is 4.36. The van der Waals surface area contributed by atoms with E-state index < -0.39 is 0 Å². The van der Waals surface area contributed by atoms with E-state index in [1.807, 2.05) is 31.7 Å². The lowest BCUT2D eigenvalue weighted by Crippen LogP contribution is -2.51. The highest BCUT2D eigenvalue weighted by atomic mass is 16.2. The van der Waals surface area contributed by atoms with Crippen LogP contribution in [0.25, 0.3) is 6.08 Å². The van der Waals surface area contributed by atoms with Gasteiger partial charge in [0, 0.05) is 38.1 Å². The number of piperazine rings is 1. The number of benzene rings is 1. The van der Waals surface area contributed by atoms with Gasteiger partial charge in [0.05, 0.1) is 0 Å². The molecular formula is C18H26N2O. The van der Waals surface area contributed by atoms with Crippen molar-refractivity contribution in [2.45, 2.75) is 20.8 Å². The molecule has 1 saturated heterocycles.